The highest BCUT2D eigenvalue weighted by molar-refractivity contribution is 9.10. The van der Waals surface area contributed by atoms with Crippen LogP contribution in [0.1, 0.15) is 11.1 Å². The Bertz CT molecular complexity index is 584. The van der Waals surface area contributed by atoms with Gasteiger partial charge in [-0.3, -0.25) is 0 Å². The quantitative estimate of drug-likeness (QED) is 0.793. The van der Waals surface area contributed by atoms with Crippen molar-refractivity contribution in [3.8, 4) is 6.07 Å². The van der Waals surface area contributed by atoms with Gasteiger partial charge in [0.2, 0.25) is 0 Å². The number of pyridine rings is 1. The first-order chi connectivity index (χ1) is 7.15. The number of nitrogens with two attached hydrogens (primary N) is 1. The van der Waals surface area contributed by atoms with Gasteiger partial charge < -0.3 is 5.73 Å². The molecule has 0 spiro atoms. The predicted octanol–water partition coefficient (Wildman–Crippen LogP) is 2.76. The number of hydrogen-bond donors (Lipinski definition) is 1. The third-order valence-electron chi connectivity index (χ3n) is 2.37. The smallest absolute Gasteiger partial charge is 0.142 e. The van der Waals surface area contributed by atoms with E-state index in [1.807, 2.05) is 25.1 Å². The molecule has 0 aliphatic rings. The number of rotatable bonds is 0. The van der Waals surface area contributed by atoms with Crippen LogP contribution >= 0.6 is 15.9 Å². The maximum Gasteiger partial charge on any atom is 0.142 e. The molecular formula is C11H8BrN3. The summed E-state index contributed by atoms with van der Waals surface area (Å²) in [4.78, 5) is 4.22. The van der Waals surface area contributed by atoms with E-state index in [0.29, 0.717) is 5.56 Å². The maximum absolute atomic E-state index is 8.95. The van der Waals surface area contributed by atoms with E-state index in [-0.39, 0.29) is 5.82 Å². The highest BCUT2D eigenvalue weighted by atomic mass is 79.9. The van der Waals surface area contributed by atoms with Crippen molar-refractivity contribution in [2.45, 2.75) is 6.92 Å². The molecule has 0 amide bonds. The van der Waals surface area contributed by atoms with E-state index in [2.05, 4.69) is 27.0 Å². The molecule has 0 atom stereocenters. The van der Waals surface area contributed by atoms with E-state index >= 15 is 0 Å². The molecule has 0 fully saturated rings. The zero-order chi connectivity index (χ0) is 11.0. The fourth-order valence-corrected chi connectivity index (χ4v) is 2.03. The van der Waals surface area contributed by atoms with Crippen molar-refractivity contribution in [1.82, 2.24) is 4.98 Å². The second-order valence-corrected chi connectivity index (χ2v) is 4.10. The molecule has 2 N–H and O–H groups in total. The van der Waals surface area contributed by atoms with Gasteiger partial charge in [0.25, 0.3) is 0 Å². The zero-order valence-corrected chi connectivity index (χ0v) is 9.67. The molecule has 15 heavy (non-hydrogen) atoms. The van der Waals surface area contributed by atoms with Crippen LogP contribution in [0.3, 0.4) is 0 Å². The van der Waals surface area contributed by atoms with Gasteiger partial charge in [-0.25, -0.2) is 4.98 Å². The van der Waals surface area contributed by atoms with Crippen molar-refractivity contribution < 1.29 is 0 Å². The van der Waals surface area contributed by atoms with Gasteiger partial charge in [-0.05, 0) is 34.5 Å². The Morgan fingerprint density at radius 2 is 2.20 bits per heavy atom. The van der Waals surface area contributed by atoms with Gasteiger partial charge in [0, 0.05) is 9.86 Å². The predicted molar refractivity (Wildman–Crippen MR) is 63.3 cm³/mol. The minimum atomic E-state index is 0.286. The Morgan fingerprint density at radius 1 is 1.47 bits per heavy atom. The van der Waals surface area contributed by atoms with Crippen LogP contribution in [0, 0.1) is 18.3 Å². The molecule has 1 aromatic carbocycles. The van der Waals surface area contributed by atoms with Crippen LogP contribution in [0.25, 0.3) is 10.9 Å². The summed E-state index contributed by atoms with van der Waals surface area (Å²) < 4.78 is 0.888. The van der Waals surface area contributed by atoms with Crippen LogP contribution in [-0.2, 0) is 0 Å². The number of nitrogen functional groups attached to an aromatic ring is 1. The van der Waals surface area contributed by atoms with Crippen molar-refractivity contribution in [2.24, 2.45) is 0 Å². The SMILES string of the molecule is Cc1c(C#N)c(N)nc2c(Br)cccc12. The van der Waals surface area contributed by atoms with Crippen molar-refractivity contribution >= 4 is 32.7 Å². The summed E-state index contributed by atoms with van der Waals surface area (Å²) in [6.45, 7) is 1.88. The average Bonchev–Trinajstić information content (AvgIpc) is 2.20. The summed E-state index contributed by atoms with van der Waals surface area (Å²) in [7, 11) is 0. The molecule has 2 aromatic rings. The lowest BCUT2D eigenvalue weighted by atomic mass is 10.1. The molecule has 0 bridgehead atoms. The van der Waals surface area contributed by atoms with Crippen molar-refractivity contribution in [3.63, 3.8) is 0 Å². The first-order valence-electron chi connectivity index (χ1n) is 4.39. The van der Waals surface area contributed by atoms with Crippen molar-refractivity contribution in [1.29, 1.82) is 5.26 Å². The Labute approximate surface area is 95.7 Å². The first-order valence-corrected chi connectivity index (χ1v) is 5.19. The second kappa shape index (κ2) is 3.52. The van der Waals surface area contributed by atoms with E-state index in [1.165, 1.54) is 0 Å². The van der Waals surface area contributed by atoms with Crippen LogP contribution < -0.4 is 5.73 Å². The molecule has 74 valence electrons. The minimum absolute atomic E-state index is 0.286. The minimum Gasteiger partial charge on any atom is -0.383 e. The van der Waals surface area contributed by atoms with Gasteiger partial charge in [0.15, 0.2) is 0 Å². The third kappa shape index (κ3) is 1.45. The van der Waals surface area contributed by atoms with Gasteiger partial charge >= 0.3 is 0 Å². The topological polar surface area (TPSA) is 62.7 Å². The number of aromatic nitrogens is 1. The standard InChI is InChI=1S/C11H8BrN3/c1-6-7-3-2-4-9(12)10(7)15-11(14)8(6)5-13/h2-4H,1H3,(H2,14,15). The van der Waals surface area contributed by atoms with Gasteiger partial charge in [-0.15, -0.1) is 0 Å². The molecule has 0 radical (unpaired) electrons. The lowest BCUT2D eigenvalue weighted by Gasteiger charge is -2.07. The van der Waals surface area contributed by atoms with Gasteiger partial charge in [0.05, 0.1) is 11.1 Å². The van der Waals surface area contributed by atoms with E-state index in [9.17, 15) is 0 Å². The lowest BCUT2D eigenvalue weighted by molar-refractivity contribution is 1.32. The van der Waals surface area contributed by atoms with E-state index in [4.69, 9.17) is 11.0 Å². The number of fused-ring (bicyclic) bond motifs is 1. The molecule has 4 heteroatoms. The van der Waals surface area contributed by atoms with Crippen molar-refractivity contribution in [2.75, 3.05) is 5.73 Å². The molecule has 0 unspecified atom stereocenters. The van der Waals surface area contributed by atoms with Crippen LogP contribution in [0.2, 0.25) is 0 Å². The average molecular weight is 262 g/mol. The van der Waals surface area contributed by atoms with Gasteiger partial charge in [0.1, 0.15) is 11.9 Å². The lowest BCUT2D eigenvalue weighted by Crippen LogP contribution is -1.99. The van der Waals surface area contributed by atoms with Crippen LogP contribution in [0.5, 0.6) is 0 Å². The summed E-state index contributed by atoms with van der Waals surface area (Å²) in [5.74, 6) is 0.286. The Kier molecular flexibility index (Phi) is 2.33. The molecule has 0 saturated carbocycles. The number of aryl methyl sites for hydroxylation is 1. The largest absolute Gasteiger partial charge is 0.383 e. The first kappa shape index (κ1) is 9.94. The van der Waals surface area contributed by atoms with Gasteiger partial charge in [-0.1, -0.05) is 12.1 Å². The number of nitriles is 1. The number of hydrogen-bond acceptors (Lipinski definition) is 3. The number of halogens is 1. The molecule has 0 aliphatic carbocycles. The fourth-order valence-electron chi connectivity index (χ4n) is 1.58. The summed E-state index contributed by atoms with van der Waals surface area (Å²) in [6.07, 6.45) is 0. The van der Waals surface area contributed by atoms with E-state index in [1.54, 1.807) is 0 Å². The molecule has 0 aliphatic heterocycles. The molecule has 1 aromatic heterocycles. The summed E-state index contributed by atoms with van der Waals surface area (Å²) in [5.41, 5.74) is 7.85. The molecule has 3 nitrogen and oxygen atoms in total. The van der Waals surface area contributed by atoms with Crippen LogP contribution in [0.15, 0.2) is 22.7 Å². The normalized spacial score (nSPS) is 10.2. The second-order valence-electron chi connectivity index (χ2n) is 3.24. The monoisotopic (exact) mass is 261 g/mol. The molecule has 2 rings (SSSR count). The summed E-state index contributed by atoms with van der Waals surface area (Å²) >= 11 is 3.41. The fraction of sp³-hybridized carbons (Fsp3) is 0.0909. The van der Waals surface area contributed by atoms with Crippen LogP contribution in [0.4, 0.5) is 5.82 Å². The summed E-state index contributed by atoms with van der Waals surface area (Å²) in [5, 5.41) is 9.90. The third-order valence-corrected chi connectivity index (χ3v) is 3.01. The molecular weight excluding hydrogens is 254 g/mol. The highest BCUT2D eigenvalue weighted by Gasteiger charge is 2.10. The van der Waals surface area contributed by atoms with Crippen LogP contribution in [-0.4, -0.2) is 4.98 Å². The zero-order valence-electron chi connectivity index (χ0n) is 8.08. The van der Waals surface area contributed by atoms with Crippen molar-refractivity contribution in [3.05, 3.63) is 33.8 Å². The number of anilines is 1. The van der Waals surface area contributed by atoms with Gasteiger partial charge in [-0.2, -0.15) is 5.26 Å². The Morgan fingerprint density at radius 3 is 2.87 bits per heavy atom. The Balaban J connectivity index is 2.99. The number of para-hydroxylation sites is 1. The molecule has 0 saturated heterocycles. The highest BCUT2D eigenvalue weighted by Crippen LogP contribution is 2.28. The number of nitrogens with zero attached hydrogens (tertiary/aromatic N) is 2. The Hall–Kier alpha value is -1.60. The van der Waals surface area contributed by atoms with E-state index < -0.39 is 0 Å². The summed E-state index contributed by atoms with van der Waals surface area (Å²) in [6, 6.07) is 7.82. The molecule has 1 heterocycles. The maximum atomic E-state index is 8.95. The number of benzene rings is 1. The van der Waals surface area contributed by atoms with E-state index in [0.717, 1.165) is 20.9 Å².